The van der Waals surface area contributed by atoms with Gasteiger partial charge < -0.3 is 19.8 Å². The Balaban J connectivity index is 1.62. The molecule has 4 aromatic rings. The molecule has 0 aliphatic carbocycles. The predicted molar refractivity (Wildman–Crippen MR) is 141 cm³/mol. The third-order valence-corrected chi connectivity index (χ3v) is 7.34. The quantitative estimate of drug-likeness (QED) is 0.345. The highest BCUT2D eigenvalue weighted by atomic mass is 32.2. The minimum atomic E-state index is -1.77. The maximum atomic E-state index is 13.8. The zero-order valence-electron chi connectivity index (χ0n) is 20.1. The van der Waals surface area contributed by atoms with Crippen molar-refractivity contribution in [3.63, 3.8) is 0 Å². The number of carbonyl (C=O) groups is 2. The van der Waals surface area contributed by atoms with Crippen molar-refractivity contribution in [3.8, 4) is 11.5 Å². The summed E-state index contributed by atoms with van der Waals surface area (Å²) in [6, 6.07) is 17.5. The van der Waals surface area contributed by atoms with Crippen molar-refractivity contribution in [2.75, 3.05) is 6.79 Å². The largest absolute Gasteiger partial charge is 0.454 e. The van der Waals surface area contributed by atoms with Gasteiger partial charge in [-0.05, 0) is 54.4 Å². The molecule has 1 aliphatic rings. The van der Waals surface area contributed by atoms with E-state index in [0.29, 0.717) is 39.6 Å². The number of aromatic nitrogens is 1. The van der Waals surface area contributed by atoms with Crippen LogP contribution in [0.1, 0.15) is 33.0 Å². The van der Waals surface area contributed by atoms with Crippen LogP contribution in [-0.4, -0.2) is 27.4 Å². The van der Waals surface area contributed by atoms with Gasteiger partial charge in [0.05, 0.1) is 10.8 Å². The molecule has 0 spiro atoms. The summed E-state index contributed by atoms with van der Waals surface area (Å²) in [5.41, 5.74) is 8.93. The normalized spacial score (nSPS) is 13.8. The van der Waals surface area contributed by atoms with E-state index in [2.05, 4.69) is 11.3 Å². The zero-order chi connectivity index (χ0) is 26.1. The van der Waals surface area contributed by atoms with Crippen LogP contribution < -0.4 is 19.9 Å². The monoisotopic (exact) mass is 515 g/mol. The molecule has 37 heavy (non-hydrogen) atoms. The van der Waals surface area contributed by atoms with E-state index in [0.717, 1.165) is 16.5 Å². The van der Waals surface area contributed by atoms with Gasteiger partial charge in [0.2, 0.25) is 18.6 Å². The first-order valence-corrected chi connectivity index (χ1v) is 12.7. The van der Waals surface area contributed by atoms with E-state index in [1.165, 1.54) is 0 Å². The van der Waals surface area contributed by atoms with Crippen molar-refractivity contribution in [2.24, 2.45) is 5.73 Å². The van der Waals surface area contributed by atoms with Gasteiger partial charge in [0.1, 0.15) is 0 Å². The Hall–Kier alpha value is -4.37. The summed E-state index contributed by atoms with van der Waals surface area (Å²) in [7, 11) is -1.77. The fourth-order valence-electron chi connectivity index (χ4n) is 4.43. The second-order valence-electron chi connectivity index (χ2n) is 8.72. The molecule has 2 heterocycles. The number of allylic oxidation sites excluding steroid dienone is 1. The fourth-order valence-corrected chi connectivity index (χ4v) is 5.23. The minimum absolute atomic E-state index is 0.0988. The third-order valence-electron chi connectivity index (χ3n) is 6.25. The predicted octanol–water partition coefficient (Wildman–Crippen LogP) is 3.93. The second-order valence-corrected chi connectivity index (χ2v) is 9.93. The highest BCUT2D eigenvalue weighted by molar-refractivity contribution is 7.83. The van der Waals surface area contributed by atoms with Crippen LogP contribution in [0.3, 0.4) is 0 Å². The van der Waals surface area contributed by atoms with Crippen LogP contribution in [0, 0.1) is 6.92 Å². The van der Waals surface area contributed by atoms with E-state index < -0.39 is 28.7 Å². The van der Waals surface area contributed by atoms with Crippen LogP contribution >= 0.6 is 0 Å². The first-order chi connectivity index (χ1) is 17.9. The molecule has 0 bridgehead atoms. The zero-order valence-corrected chi connectivity index (χ0v) is 20.9. The number of ether oxygens (including phenoxy) is 2. The van der Waals surface area contributed by atoms with Gasteiger partial charge in [-0.3, -0.25) is 14.3 Å². The summed E-state index contributed by atoms with van der Waals surface area (Å²) in [5, 5.41) is 0.755. The minimum Gasteiger partial charge on any atom is -0.454 e. The molecule has 1 aromatic heterocycles. The number of hydrogen-bond donors (Lipinski definition) is 2. The highest BCUT2D eigenvalue weighted by Gasteiger charge is 2.30. The molecule has 1 aliphatic heterocycles. The Morgan fingerprint density at radius 3 is 2.59 bits per heavy atom. The van der Waals surface area contributed by atoms with Crippen LogP contribution in [0.5, 0.6) is 11.5 Å². The van der Waals surface area contributed by atoms with Crippen molar-refractivity contribution in [3.05, 3.63) is 102 Å². The molecule has 2 atom stereocenters. The van der Waals surface area contributed by atoms with Crippen LogP contribution in [-0.2, 0) is 22.3 Å². The molecule has 3 N–H and O–H groups in total. The summed E-state index contributed by atoms with van der Waals surface area (Å²) in [6.45, 7) is 6.30. The first-order valence-electron chi connectivity index (χ1n) is 11.6. The maximum absolute atomic E-state index is 13.8. The molecular formula is C28H25N3O5S. The van der Waals surface area contributed by atoms with Crippen LogP contribution in [0.25, 0.3) is 10.9 Å². The van der Waals surface area contributed by atoms with Crippen molar-refractivity contribution in [1.82, 2.24) is 9.29 Å². The molecular weight excluding hydrogens is 490 g/mol. The van der Waals surface area contributed by atoms with Gasteiger partial charge in [-0.2, -0.15) is 0 Å². The van der Waals surface area contributed by atoms with Gasteiger partial charge >= 0.3 is 0 Å². The molecule has 0 saturated heterocycles. The molecule has 5 rings (SSSR count). The topological polar surface area (TPSA) is 113 Å². The van der Waals surface area contributed by atoms with E-state index in [-0.39, 0.29) is 6.79 Å². The Morgan fingerprint density at radius 1 is 1.11 bits per heavy atom. The SMILES string of the molecule is C=CCn1cc(C(C(=O)NS(=O)c2ccc(C)cc2)c2ccc3c(c2)OCO3)c2ccc(C(N)=O)cc21. The second kappa shape index (κ2) is 9.94. The van der Waals surface area contributed by atoms with Gasteiger partial charge in [-0.1, -0.05) is 35.9 Å². The Bertz CT molecular complexity index is 1560. The molecule has 0 radical (unpaired) electrons. The average Bonchev–Trinajstić information content (AvgIpc) is 3.49. The third kappa shape index (κ3) is 4.73. The first kappa shape index (κ1) is 24.3. The van der Waals surface area contributed by atoms with Gasteiger partial charge in [0.15, 0.2) is 22.5 Å². The molecule has 8 nitrogen and oxygen atoms in total. The van der Waals surface area contributed by atoms with E-state index in [9.17, 15) is 13.8 Å². The van der Waals surface area contributed by atoms with E-state index >= 15 is 0 Å². The van der Waals surface area contributed by atoms with Crippen LogP contribution in [0.4, 0.5) is 0 Å². The average molecular weight is 516 g/mol. The summed E-state index contributed by atoms with van der Waals surface area (Å²) in [4.78, 5) is 26.1. The van der Waals surface area contributed by atoms with Gasteiger partial charge in [0.25, 0.3) is 0 Å². The number of benzene rings is 3. The van der Waals surface area contributed by atoms with Crippen molar-refractivity contribution in [2.45, 2.75) is 24.3 Å². The number of nitrogens with zero attached hydrogens (tertiary/aromatic N) is 1. The lowest BCUT2D eigenvalue weighted by atomic mass is 9.90. The summed E-state index contributed by atoms with van der Waals surface area (Å²) in [6.07, 6.45) is 3.57. The summed E-state index contributed by atoms with van der Waals surface area (Å²) in [5.74, 6) is -0.716. The number of carbonyl (C=O) groups excluding carboxylic acids is 2. The number of primary amides is 1. The number of nitrogens with one attached hydrogen (secondary N) is 1. The summed E-state index contributed by atoms with van der Waals surface area (Å²) < 4.78 is 28.6. The molecule has 188 valence electrons. The van der Waals surface area contributed by atoms with Gasteiger partial charge in [0, 0.05) is 29.2 Å². The number of nitrogens with two attached hydrogens (primary N) is 1. The molecule has 3 aromatic carbocycles. The van der Waals surface area contributed by atoms with Crippen molar-refractivity contribution < 1.29 is 23.3 Å². The lowest BCUT2D eigenvalue weighted by Crippen LogP contribution is -2.31. The fraction of sp³-hybridized carbons (Fsp3) is 0.143. The number of hydrogen-bond acceptors (Lipinski definition) is 5. The molecule has 2 amide bonds. The Morgan fingerprint density at radius 2 is 1.86 bits per heavy atom. The van der Waals surface area contributed by atoms with Crippen LogP contribution in [0.15, 0.2) is 84.4 Å². The maximum Gasteiger partial charge on any atom is 0.248 e. The molecule has 2 unspecified atom stereocenters. The van der Waals surface area contributed by atoms with Crippen molar-refractivity contribution >= 4 is 33.7 Å². The van der Waals surface area contributed by atoms with E-state index in [1.807, 2.05) is 29.8 Å². The number of fused-ring (bicyclic) bond motifs is 2. The molecule has 0 fully saturated rings. The van der Waals surface area contributed by atoms with Crippen molar-refractivity contribution in [1.29, 1.82) is 0 Å². The Kier molecular flexibility index (Phi) is 6.54. The molecule has 0 saturated carbocycles. The standard InChI is InChI=1S/C28H25N3O5S/c1-3-12-31-15-22(21-10-6-19(27(29)32)13-23(21)31)26(18-7-11-24-25(14-18)36-16-35-24)28(33)30-37(34)20-8-4-17(2)5-9-20/h3-11,13-15,26H,1,12,16H2,2H3,(H2,29,32)(H,30,33). The number of amides is 2. The summed E-state index contributed by atoms with van der Waals surface area (Å²) >= 11 is 0. The van der Waals surface area contributed by atoms with E-state index in [4.69, 9.17) is 15.2 Å². The number of aryl methyl sites for hydroxylation is 1. The van der Waals surface area contributed by atoms with Gasteiger partial charge in [-0.25, -0.2) is 4.21 Å². The van der Waals surface area contributed by atoms with Crippen LogP contribution in [0.2, 0.25) is 0 Å². The number of rotatable bonds is 8. The lowest BCUT2D eigenvalue weighted by Gasteiger charge is -2.17. The smallest absolute Gasteiger partial charge is 0.248 e. The van der Waals surface area contributed by atoms with Gasteiger partial charge in [-0.15, -0.1) is 6.58 Å². The Labute approximate surface area is 216 Å². The highest BCUT2D eigenvalue weighted by Crippen LogP contribution is 2.39. The lowest BCUT2D eigenvalue weighted by molar-refractivity contribution is -0.119. The molecule has 9 heteroatoms. The van der Waals surface area contributed by atoms with E-state index in [1.54, 1.807) is 54.6 Å².